The van der Waals surface area contributed by atoms with E-state index in [-0.39, 0.29) is 11.4 Å². The summed E-state index contributed by atoms with van der Waals surface area (Å²) in [6.45, 7) is 3.51. The van der Waals surface area contributed by atoms with Gasteiger partial charge in [0.25, 0.3) is 0 Å². The van der Waals surface area contributed by atoms with E-state index in [0.717, 1.165) is 11.3 Å². The normalized spacial score (nSPS) is 11.7. The standard InChI is InChI=1S/C15H17N5O2S/c1-11-15(12(2)19-18-11)23(21,22)17-9-13-8-16-20(10-13)14-6-4-3-5-7-14/h3-8,10,17H,9H2,1-2H3,(H,18,19). The zero-order valence-electron chi connectivity index (χ0n) is 12.8. The van der Waals surface area contributed by atoms with Gasteiger partial charge in [0.05, 0.1) is 23.3 Å². The Morgan fingerprint density at radius 2 is 1.96 bits per heavy atom. The van der Waals surface area contributed by atoms with Gasteiger partial charge in [0.1, 0.15) is 4.90 Å². The summed E-state index contributed by atoms with van der Waals surface area (Å²) >= 11 is 0. The van der Waals surface area contributed by atoms with Crippen LogP contribution in [-0.2, 0) is 16.6 Å². The predicted octanol–water partition coefficient (Wildman–Crippen LogP) is 1.69. The fourth-order valence-corrected chi connectivity index (χ4v) is 3.74. The van der Waals surface area contributed by atoms with Gasteiger partial charge in [-0.2, -0.15) is 10.2 Å². The minimum atomic E-state index is -3.61. The molecule has 0 atom stereocenters. The van der Waals surface area contributed by atoms with Gasteiger partial charge in [-0.1, -0.05) is 18.2 Å². The molecule has 0 aliphatic heterocycles. The number of nitrogens with one attached hydrogen (secondary N) is 2. The van der Waals surface area contributed by atoms with Crippen molar-refractivity contribution in [2.24, 2.45) is 0 Å². The van der Waals surface area contributed by atoms with Crippen LogP contribution in [0.15, 0.2) is 47.6 Å². The van der Waals surface area contributed by atoms with Gasteiger partial charge >= 0.3 is 0 Å². The summed E-state index contributed by atoms with van der Waals surface area (Å²) in [4.78, 5) is 0.202. The first-order valence-corrected chi connectivity index (χ1v) is 8.56. The molecule has 0 aliphatic rings. The van der Waals surface area contributed by atoms with E-state index in [0.29, 0.717) is 11.4 Å². The van der Waals surface area contributed by atoms with E-state index < -0.39 is 10.0 Å². The van der Waals surface area contributed by atoms with Crippen LogP contribution < -0.4 is 4.72 Å². The molecule has 0 spiro atoms. The number of hydrogen-bond donors (Lipinski definition) is 2. The molecule has 2 N–H and O–H groups in total. The molecule has 0 radical (unpaired) electrons. The average Bonchev–Trinajstić information content (AvgIpc) is 3.13. The number of rotatable bonds is 5. The van der Waals surface area contributed by atoms with E-state index in [1.807, 2.05) is 30.3 Å². The van der Waals surface area contributed by atoms with E-state index in [9.17, 15) is 8.42 Å². The second-order valence-corrected chi connectivity index (χ2v) is 6.92. The van der Waals surface area contributed by atoms with Crippen LogP contribution in [0.25, 0.3) is 5.69 Å². The topological polar surface area (TPSA) is 92.7 Å². The molecule has 0 saturated heterocycles. The third-order valence-electron chi connectivity index (χ3n) is 3.45. The Balaban J connectivity index is 1.75. The lowest BCUT2D eigenvalue weighted by molar-refractivity contribution is 0.580. The van der Waals surface area contributed by atoms with E-state index >= 15 is 0 Å². The van der Waals surface area contributed by atoms with Crippen molar-refractivity contribution in [3.8, 4) is 5.69 Å². The van der Waals surface area contributed by atoms with E-state index in [1.165, 1.54) is 0 Å². The maximum atomic E-state index is 12.4. The van der Waals surface area contributed by atoms with Crippen molar-refractivity contribution >= 4 is 10.0 Å². The lowest BCUT2D eigenvalue weighted by Gasteiger charge is -2.05. The number of sulfonamides is 1. The van der Waals surface area contributed by atoms with Crippen LogP contribution in [0.4, 0.5) is 0 Å². The molecule has 2 aromatic heterocycles. The molecule has 120 valence electrons. The summed E-state index contributed by atoms with van der Waals surface area (Å²) in [5, 5.41) is 10.9. The molecule has 7 nitrogen and oxygen atoms in total. The highest BCUT2D eigenvalue weighted by Gasteiger charge is 2.21. The molecule has 0 unspecified atom stereocenters. The molecular formula is C15H17N5O2S. The number of aryl methyl sites for hydroxylation is 2. The second-order valence-electron chi connectivity index (χ2n) is 5.22. The van der Waals surface area contributed by atoms with Gasteiger partial charge < -0.3 is 0 Å². The average molecular weight is 331 g/mol. The lowest BCUT2D eigenvalue weighted by atomic mass is 10.3. The van der Waals surface area contributed by atoms with Crippen molar-refractivity contribution in [2.75, 3.05) is 0 Å². The van der Waals surface area contributed by atoms with E-state index in [1.54, 1.807) is 30.9 Å². The van der Waals surface area contributed by atoms with Crippen LogP contribution in [0.3, 0.4) is 0 Å². The molecule has 3 rings (SSSR count). The molecular weight excluding hydrogens is 314 g/mol. The monoisotopic (exact) mass is 331 g/mol. The highest BCUT2D eigenvalue weighted by atomic mass is 32.2. The van der Waals surface area contributed by atoms with Crippen molar-refractivity contribution in [3.05, 3.63) is 59.7 Å². The Kier molecular flexibility index (Phi) is 4.01. The number of nitrogens with zero attached hydrogens (tertiary/aromatic N) is 3. The number of benzene rings is 1. The molecule has 0 amide bonds. The van der Waals surface area contributed by atoms with Crippen LogP contribution in [0.5, 0.6) is 0 Å². The number of aromatic amines is 1. The maximum absolute atomic E-state index is 12.4. The summed E-state index contributed by atoms with van der Waals surface area (Å²) in [6.07, 6.45) is 3.44. The molecule has 0 bridgehead atoms. The Bertz CT molecular complexity index is 893. The van der Waals surface area contributed by atoms with Gasteiger partial charge in [-0.05, 0) is 26.0 Å². The van der Waals surface area contributed by atoms with Crippen LogP contribution in [0.2, 0.25) is 0 Å². The third kappa shape index (κ3) is 3.17. The molecule has 23 heavy (non-hydrogen) atoms. The maximum Gasteiger partial charge on any atom is 0.244 e. The van der Waals surface area contributed by atoms with Gasteiger partial charge in [-0.15, -0.1) is 0 Å². The first kappa shape index (κ1) is 15.4. The molecule has 1 aromatic carbocycles. The zero-order valence-corrected chi connectivity index (χ0v) is 13.6. The number of para-hydroxylation sites is 1. The lowest BCUT2D eigenvalue weighted by Crippen LogP contribution is -2.24. The van der Waals surface area contributed by atoms with E-state index in [4.69, 9.17) is 0 Å². The molecule has 2 heterocycles. The van der Waals surface area contributed by atoms with Crippen LogP contribution in [0.1, 0.15) is 17.0 Å². The zero-order chi connectivity index (χ0) is 16.4. The third-order valence-corrected chi connectivity index (χ3v) is 5.12. The van der Waals surface area contributed by atoms with Crippen molar-refractivity contribution in [1.29, 1.82) is 0 Å². The summed E-state index contributed by atoms with van der Waals surface area (Å²) < 4.78 is 29.1. The Labute approximate surface area is 134 Å². The second kappa shape index (κ2) is 5.98. The van der Waals surface area contributed by atoms with Gasteiger partial charge in [0.15, 0.2) is 0 Å². The SMILES string of the molecule is Cc1n[nH]c(C)c1S(=O)(=O)NCc1cnn(-c2ccccc2)c1. The molecule has 3 aromatic rings. The first-order chi connectivity index (χ1) is 11.0. The highest BCUT2D eigenvalue weighted by molar-refractivity contribution is 7.89. The largest absolute Gasteiger partial charge is 0.281 e. The van der Waals surface area contributed by atoms with Crippen LogP contribution in [-0.4, -0.2) is 28.4 Å². The minimum Gasteiger partial charge on any atom is -0.281 e. The number of aromatic nitrogens is 4. The quantitative estimate of drug-likeness (QED) is 0.744. The van der Waals surface area contributed by atoms with Gasteiger partial charge in [0.2, 0.25) is 10.0 Å². The molecule has 8 heteroatoms. The van der Waals surface area contributed by atoms with Gasteiger partial charge in [0, 0.05) is 18.3 Å². The van der Waals surface area contributed by atoms with Crippen molar-refractivity contribution in [3.63, 3.8) is 0 Å². The Hall–Kier alpha value is -2.45. The van der Waals surface area contributed by atoms with Crippen molar-refractivity contribution in [2.45, 2.75) is 25.3 Å². The molecule has 0 aliphatic carbocycles. The highest BCUT2D eigenvalue weighted by Crippen LogP contribution is 2.17. The summed E-state index contributed by atoms with van der Waals surface area (Å²) in [5.74, 6) is 0. The molecule has 0 saturated carbocycles. The van der Waals surface area contributed by atoms with Crippen molar-refractivity contribution in [1.82, 2.24) is 24.7 Å². The van der Waals surface area contributed by atoms with Crippen molar-refractivity contribution < 1.29 is 8.42 Å². The number of H-pyrrole nitrogens is 1. The summed E-state index contributed by atoms with van der Waals surface area (Å²) in [7, 11) is -3.61. The van der Waals surface area contributed by atoms with E-state index in [2.05, 4.69) is 20.0 Å². The minimum absolute atomic E-state index is 0.166. The fourth-order valence-electron chi connectivity index (χ4n) is 2.36. The number of hydrogen-bond acceptors (Lipinski definition) is 4. The Morgan fingerprint density at radius 3 is 2.61 bits per heavy atom. The first-order valence-electron chi connectivity index (χ1n) is 7.07. The fraction of sp³-hybridized carbons (Fsp3) is 0.200. The summed E-state index contributed by atoms with van der Waals surface area (Å²) in [6, 6.07) is 9.63. The Morgan fingerprint density at radius 1 is 1.22 bits per heavy atom. The van der Waals surface area contributed by atoms with Gasteiger partial charge in [-0.25, -0.2) is 17.8 Å². The van der Waals surface area contributed by atoms with Crippen LogP contribution >= 0.6 is 0 Å². The molecule has 0 fully saturated rings. The smallest absolute Gasteiger partial charge is 0.244 e. The predicted molar refractivity (Wildman–Crippen MR) is 85.7 cm³/mol. The van der Waals surface area contributed by atoms with Gasteiger partial charge in [-0.3, -0.25) is 5.10 Å². The van der Waals surface area contributed by atoms with Crippen LogP contribution in [0, 0.1) is 13.8 Å². The summed E-state index contributed by atoms with van der Waals surface area (Å²) in [5.41, 5.74) is 2.67.